The van der Waals surface area contributed by atoms with Gasteiger partial charge in [0, 0.05) is 10.0 Å². The molecule has 0 heterocycles. The third-order valence-corrected chi connectivity index (χ3v) is 4.01. The van der Waals surface area contributed by atoms with Gasteiger partial charge in [0.2, 0.25) is 0 Å². The van der Waals surface area contributed by atoms with E-state index < -0.39 is 0 Å². The van der Waals surface area contributed by atoms with Gasteiger partial charge in [-0.1, -0.05) is 72.4 Å². The Bertz CT molecular complexity index is 546. The summed E-state index contributed by atoms with van der Waals surface area (Å²) in [5.74, 6) is -0.185. The minimum Gasteiger partial charge on any atom is -0.206 e. The Hall–Kier alpha value is -1.15. The van der Waals surface area contributed by atoms with Crippen LogP contribution >= 0.6 is 15.9 Å². The Morgan fingerprint density at radius 1 is 0.950 bits per heavy atom. The summed E-state index contributed by atoms with van der Waals surface area (Å²) < 4.78 is 14.7. The van der Waals surface area contributed by atoms with E-state index in [1.807, 2.05) is 24.3 Å². The van der Waals surface area contributed by atoms with Crippen molar-refractivity contribution in [3.63, 3.8) is 0 Å². The van der Waals surface area contributed by atoms with Gasteiger partial charge >= 0.3 is 0 Å². The van der Waals surface area contributed by atoms with Crippen LogP contribution in [0.5, 0.6) is 0 Å². The van der Waals surface area contributed by atoms with Crippen molar-refractivity contribution >= 4 is 15.9 Å². The standard InChI is InChI=1S/C18H20BrF/c1-2-3-4-5-6-14-7-9-15(10-8-14)17-12-11-16(19)13-18(17)20/h7-13H,2-6H2,1H3. The van der Waals surface area contributed by atoms with E-state index in [1.165, 1.54) is 37.3 Å². The van der Waals surface area contributed by atoms with Crippen molar-refractivity contribution in [3.8, 4) is 11.1 Å². The molecule has 0 amide bonds. The smallest absolute Gasteiger partial charge is 0.132 e. The molecule has 0 N–H and O–H groups in total. The molecule has 0 unspecified atom stereocenters. The second-order valence-corrected chi connectivity index (χ2v) is 6.05. The monoisotopic (exact) mass is 334 g/mol. The molecular formula is C18H20BrF. The van der Waals surface area contributed by atoms with E-state index >= 15 is 0 Å². The van der Waals surface area contributed by atoms with E-state index in [9.17, 15) is 4.39 Å². The highest BCUT2D eigenvalue weighted by molar-refractivity contribution is 9.10. The average Bonchev–Trinajstić information content (AvgIpc) is 2.45. The second kappa shape index (κ2) is 7.58. The quantitative estimate of drug-likeness (QED) is 0.538. The van der Waals surface area contributed by atoms with Crippen LogP contribution in [0.1, 0.15) is 38.2 Å². The lowest BCUT2D eigenvalue weighted by molar-refractivity contribution is 0.630. The van der Waals surface area contributed by atoms with Crippen LogP contribution in [0.4, 0.5) is 4.39 Å². The van der Waals surface area contributed by atoms with Gasteiger partial charge in [-0.2, -0.15) is 0 Å². The minimum absolute atomic E-state index is 0.185. The normalized spacial score (nSPS) is 10.8. The van der Waals surface area contributed by atoms with E-state index in [2.05, 4.69) is 35.0 Å². The number of hydrogen-bond donors (Lipinski definition) is 0. The average molecular weight is 335 g/mol. The fraction of sp³-hybridized carbons (Fsp3) is 0.333. The van der Waals surface area contributed by atoms with E-state index in [-0.39, 0.29) is 5.82 Å². The number of benzene rings is 2. The topological polar surface area (TPSA) is 0 Å². The van der Waals surface area contributed by atoms with Gasteiger partial charge in [-0.3, -0.25) is 0 Å². The van der Waals surface area contributed by atoms with Crippen molar-refractivity contribution in [1.29, 1.82) is 0 Å². The summed E-state index contributed by atoms with van der Waals surface area (Å²) in [6.45, 7) is 2.22. The van der Waals surface area contributed by atoms with Crippen molar-refractivity contribution in [2.75, 3.05) is 0 Å². The maximum Gasteiger partial charge on any atom is 0.132 e. The molecule has 2 aromatic carbocycles. The Balaban J connectivity index is 2.04. The Kier molecular flexibility index (Phi) is 5.78. The minimum atomic E-state index is -0.185. The van der Waals surface area contributed by atoms with Crippen molar-refractivity contribution in [2.24, 2.45) is 0 Å². The molecule has 0 bridgehead atoms. The fourth-order valence-corrected chi connectivity index (χ4v) is 2.66. The first-order chi connectivity index (χ1) is 9.70. The first-order valence-electron chi connectivity index (χ1n) is 7.25. The molecule has 0 saturated carbocycles. The lowest BCUT2D eigenvalue weighted by Crippen LogP contribution is -1.88. The molecule has 0 radical (unpaired) electrons. The van der Waals surface area contributed by atoms with Crippen LogP contribution in [0, 0.1) is 5.82 Å². The largest absolute Gasteiger partial charge is 0.206 e. The Morgan fingerprint density at radius 2 is 1.70 bits per heavy atom. The number of aryl methyl sites for hydroxylation is 1. The predicted octanol–water partition coefficient (Wildman–Crippen LogP) is 6.38. The van der Waals surface area contributed by atoms with Gasteiger partial charge in [-0.25, -0.2) is 4.39 Å². The molecule has 2 heteroatoms. The molecule has 2 rings (SSSR count). The lowest BCUT2D eigenvalue weighted by atomic mass is 10.0. The van der Waals surface area contributed by atoms with Crippen LogP contribution in [0.3, 0.4) is 0 Å². The number of rotatable bonds is 6. The van der Waals surface area contributed by atoms with Crippen LogP contribution < -0.4 is 0 Å². The molecule has 0 aliphatic heterocycles. The van der Waals surface area contributed by atoms with Gasteiger partial charge in [0.1, 0.15) is 5.82 Å². The molecular weight excluding hydrogens is 315 g/mol. The van der Waals surface area contributed by atoms with Crippen LogP contribution in [0.25, 0.3) is 11.1 Å². The highest BCUT2D eigenvalue weighted by Gasteiger charge is 2.05. The van der Waals surface area contributed by atoms with E-state index in [0.29, 0.717) is 5.56 Å². The molecule has 0 nitrogen and oxygen atoms in total. The van der Waals surface area contributed by atoms with Gasteiger partial charge in [0.15, 0.2) is 0 Å². The van der Waals surface area contributed by atoms with Gasteiger partial charge < -0.3 is 0 Å². The highest BCUT2D eigenvalue weighted by Crippen LogP contribution is 2.26. The summed E-state index contributed by atoms with van der Waals surface area (Å²) in [6, 6.07) is 13.5. The fourth-order valence-electron chi connectivity index (χ4n) is 2.33. The van der Waals surface area contributed by atoms with E-state index in [0.717, 1.165) is 16.5 Å². The summed E-state index contributed by atoms with van der Waals surface area (Å²) in [5, 5.41) is 0. The molecule has 0 aliphatic carbocycles. The zero-order valence-corrected chi connectivity index (χ0v) is 13.4. The van der Waals surface area contributed by atoms with Crippen LogP contribution in [0.15, 0.2) is 46.9 Å². The summed E-state index contributed by atoms with van der Waals surface area (Å²) in [7, 11) is 0. The third kappa shape index (κ3) is 4.17. The summed E-state index contributed by atoms with van der Waals surface area (Å²) in [4.78, 5) is 0. The first kappa shape index (κ1) is 15.2. The maximum atomic E-state index is 13.9. The van der Waals surface area contributed by atoms with Gasteiger partial charge in [-0.15, -0.1) is 0 Å². The molecule has 0 atom stereocenters. The van der Waals surface area contributed by atoms with Crippen LogP contribution in [-0.2, 0) is 6.42 Å². The van der Waals surface area contributed by atoms with Crippen molar-refractivity contribution in [1.82, 2.24) is 0 Å². The van der Waals surface area contributed by atoms with Gasteiger partial charge in [0.25, 0.3) is 0 Å². The number of unbranched alkanes of at least 4 members (excludes halogenated alkanes) is 3. The number of halogens is 2. The molecule has 0 saturated heterocycles. The van der Waals surface area contributed by atoms with Gasteiger partial charge in [-0.05, 0) is 36.1 Å². The van der Waals surface area contributed by atoms with Crippen molar-refractivity contribution in [2.45, 2.75) is 39.0 Å². The molecule has 0 aliphatic rings. The van der Waals surface area contributed by atoms with Crippen LogP contribution in [-0.4, -0.2) is 0 Å². The Labute approximate surface area is 129 Å². The van der Waals surface area contributed by atoms with Crippen molar-refractivity contribution < 1.29 is 4.39 Å². The van der Waals surface area contributed by atoms with E-state index in [1.54, 1.807) is 0 Å². The Morgan fingerprint density at radius 3 is 2.35 bits per heavy atom. The lowest BCUT2D eigenvalue weighted by Gasteiger charge is -2.06. The molecule has 0 fully saturated rings. The highest BCUT2D eigenvalue weighted by atomic mass is 79.9. The summed E-state index contributed by atoms with van der Waals surface area (Å²) >= 11 is 3.28. The molecule has 2 aromatic rings. The van der Waals surface area contributed by atoms with E-state index in [4.69, 9.17) is 0 Å². The zero-order valence-electron chi connectivity index (χ0n) is 11.8. The molecule has 20 heavy (non-hydrogen) atoms. The van der Waals surface area contributed by atoms with Gasteiger partial charge in [0.05, 0.1) is 0 Å². The SMILES string of the molecule is CCCCCCc1ccc(-c2ccc(Br)cc2F)cc1. The molecule has 0 aromatic heterocycles. The molecule has 0 spiro atoms. The summed E-state index contributed by atoms with van der Waals surface area (Å²) in [6.07, 6.45) is 6.21. The van der Waals surface area contributed by atoms with Crippen LogP contribution in [0.2, 0.25) is 0 Å². The maximum absolute atomic E-state index is 13.9. The van der Waals surface area contributed by atoms with Crippen molar-refractivity contribution in [3.05, 3.63) is 58.3 Å². The summed E-state index contributed by atoms with van der Waals surface area (Å²) in [5.41, 5.74) is 2.93. The zero-order chi connectivity index (χ0) is 14.4. The first-order valence-corrected chi connectivity index (χ1v) is 8.04. The molecule has 106 valence electrons. The number of hydrogen-bond acceptors (Lipinski definition) is 0. The second-order valence-electron chi connectivity index (χ2n) is 5.13. The predicted molar refractivity (Wildman–Crippen MR) is 87.4 cm³/mol. The third-order valence-electron chi connectivity index (χ3n) is 3.52.